The van der Waals surface area contributed by atoms with Crippen LogP contribution >= 0.6 is 17.0 Å². The van der Waals surface area contributed by atoms with Gasteiger partial charge in [-0.05, 0) is 18.7 Å². The highest BCUT2D eigenvalue weighted by Gasteiger charge is 2.23. The van der Waals surface area contributed by atoms with Crippen LogP contribution in [0.2, 0.25) is 0 Å². The normalized spacial score (nSPS) is 13.7. The van der Waals surface area contributed by atoms with E-state index in [0.29, 0.717) is 5.84 Å². The second-order valence-electron chi connectivity index (χ2n) is 4.45. The molecule has 0 amide bonds. The van der Waals surface area contributed by atoms with Gasteiger partial charge in [-0.2, -0.15) is 0 Å². The first kappa shape index (κ1) is 15.2. The number of hydrogen-bond acceptors (Lipinski definition) is 2. The topological polar surface area (TPSA) is 30.3 Å². The van der Waals surface area contributed by atoms with Crippen LogP contribution in [0.15, 0.2) is 24.3 Å². The van der Waals surface area contributed by atoms with Crippen molar-refractivity contribution in [3.05, 3.63) is 35.4 Å². The standard InChI is InChI=1S/C14H21N3.BrH/c1-3-16(4-2)9-10-17-11-12-7-5-6-8-13(12)14(17)15;/h5-8,15H,3-4,9-11H2,1-2H3;1H. The Labute approximate surface area is 120 Å². The molecule has 0 bridgehead atoms. The number of hydrogen-bond donors (Lipinski definition) is 1. The molecule has 0 unspecified atom stereocenters. The van der Waals surface area contributed by atoms with Gasteiger partial charge in [0.25, 0.3) is 0 Å². The Morgan fingerprint density at radius 2 is 1.89 bits per heavy atom. The minimum Gasteiger partial charge on any atom is -0.351 e. The van der Waals surface area contributed by atoms with E-state index < -0.39 is 0 Å². The lowest BCUT2D eigenvalue weighted by Gasteiger charge is -2.23. The van der Waals surface area contributed by atoms with Crippen molar-refractivity contribution in [3.63, 3.8) is 0 Å². The molecular weight excluding hydrogens is 290 g/mol. The van der Waals surface area contributed by atoms with Crippen molar-refractivity contribution < 1.29 is 0 Å². The van der Waals surface area contributed by atoms with Crippen LogP contribution in [-0.4, -0.2) is 41.8 Å². The first-order valence-corrected chi connectivity index (χ1v) is 6.40. The van der Waals surface area contributed by atoms with Crippen LogP contribution < -0.4 is 0 Å². The summed E-state index contributed by atoms with van der Waals surface area (Å²) >= 11 is 0. The van der Waals surface area contributed by atoms with Gasteiger partial charge in [-0.1, -0.05) is 38.1 Å². The first-order chi connectivity index (χ1) is 8.26. The van der Waals surface area contributed by atoms with Crippen LogP contribution in [-0.2, 0) is 6.54 Å². The molecule has 1 aromatic carbocycles. The number of nitrogens with zero attached hydrogens (tertiary/aromatic N) is 2. The van der Waals surface area contributed by atoms with Crippen molar-refractivity contribution in [2.45, 2.75) is 20.4 Å². The van der Waals surface area contributed by atoms with E-state index in [2.05, 4.69) is 41.8 Å². The minimum atomic E-state index is 0. The lowest BCUT2D eigenvalue weighted by atomic mass is 10.1. The van der Waals surface area contributed by atoms with Crippen molar-refractivity contribution in [3.8, 4) is 0 Å². The van der Waals surface area contributed by atoms with Crippen LogP contribution in [0.4, 0.5) is 0 Å². The summed E-state index contributed by atoms with van der Waals surface area (Å²) in [5.74, 6) is 0.688. The maximum Gasteiger partial charge on any atom is 0.128 e. The fourth-order valence-corrected chi connectivity index (χ4v) is 2.34. The van der Waals surface area contributed by atoms with E-state index in [9.17, 15) is 0 Å². The predicted molar refractivity (Wildman–Crippen MR) is 81.8 cm³/mol. The second kappa shape index (κ2) is 6.90. The van der Waals surface area contributed by atoms with Crippen molar-refractivity contribution in [1.29, 1.82) is 5.41 Å². The molecule has 0 saturated heterocycles. The highest BCUT2D eigenvalue weighted by Crippen LogP contribution is 2.21. The average Bonchev–Trinajstić information content (AvgIpc) is 2.68. The van der Waals surface area contributed by atoms with Gasteiger partial charge in [-0.3, -0.25) is 5.41 Å². The number of amidine groups is 1. The zero-order chi connectivity index (χ0) is 12.3. The molecule has 1 heterocycles. The Kier molecular flexibility index (Phi) is 5.82. The molecule has 3 nitrogen and oxygen atoms in total. The molecule has 0 aliphatic carbocycles. The quantitative estimate of drug-likeness (QED) is 0.906. The molecule has 1 N–H and O–H groups in total. The van der Waals surface area contributed by atoms with Crippen LogP contribution in [0, 0.1) is 5.41 Å². The van der Waals surface area contributed by atoms with E-state index in [1.165, 1.54) is 5.56 Å². The smallest absolute Gasteiger partial charge is 0.128 e. The van der Waals surface area contributed by atoms with E-state index >= 15 is 0 Å². The summed E-state index contributed by atoms with van der Waals surface area (Å²) in [6, 6.07) is 8.25. The van der Waals surface area contributed by atoms with Crippen molar-refractivity contribution in [2.24, 2.45) is 0 Å². The third-order valence-corrected chi connectivity index (χ3v) is 3.53. The van der Waals surface area contributed by atoms with Gasteiger partial charge in [-0.25, -0.2) is 0 Å². The summed E-state index contributed by atoms with van der Waals surface area (Å²) in [6.45, 7) is 9.45. The molecule has 1 aliphatic rings. The number of rotatable bonds is 5. The Morgan fingerprint density at radius 1 is 1.22 bits per heavy atom. The van der Waals surface area contributed by atoms with Gasteiger partial charge in [0.15, 0.2) is 0 Å². The highest BCUT2D eigenvalue weighted by molar-refractivity contribution is 8.93. The summed E-state index contributed by atoms with van der Waals surface area (Å²) in [5, 5.41) is 8.15. The van der Waals surface area contributed by atoms with Crippen LogP contribution in [0.1, 0.15) is 25.0 Å². The summed E-state index contributed by atoms with van der Waals surface area (Å²) in [6.07, 6.45) is 0. The van der Waals surface area contributed by atoms with E-state index in [1.54, 1.807) is 0 Å². The predicted octanol–water partition coefficient (Wildman–Crippen LogP) is 2.75. The van der Waals surface area contributed by atoms with Gasteiger partial charge in [0.2, 0.25) is 0 Å². The first-order valence-electron chi connectivity index (χ1n) is 6.40. The molecule has 18 heavy (non-hydrogen) atoms. The second-order valence-corrected chi connectivity index (χ2v) is 4.45. The highest BCUT2D eigenvalue weighted by atomic mass is 79.9. The zero-order valence-corrected chi connectivity index (χ0v) is 12.9. The Morgan fingerprint density at radius 3 is 2.50 bits per heavy atom. The van der Waals surface area contributed by atoms with Crippen molar-refractivity contribution in [2.75, 3.05) is 26.2 Å². The fourth-order valence-electron chi connectivity index (χ4n) is 2.34. The van der Waals surface area contributed by atoms with E-state index in [4.69, 9.17) is 5.41 Å². The number of fused-ring (bicyclic) bond motifs is 1. The third kappa shape index (κ3) is 3.12. The summed E-state index contributed by atoms with van der Waals surface area (Å²) in [4.78, 5) is 4.57. The third-order valence-electron chi connectivity index (χ3n) is 3.53. The van der Waals surface area contributed by atoms with E-state index in [1.807, 2.05) is 6.07 Å². The zero-order valence-electron chi connectivity index (χ0n) is 11.1. The van der Waals surface area contributed by atoms with Crippen LogP contribution in [0.3, 0.4) is 0 Å². The summed E-state index contributed by atoms with van der Waals surface area (Å²) in [5.41, 5.74) is 2.39. The maximum absolute atomic E-state index is 8.15. The monoisotopic (exact) mass is 311 g/mol. The summed E-state index contributed by atoms with van der Waals surface area (Å²) in [7, 11) is 0. The molecule has 0 fully saturated rings. The Bertz CT molecular complexity index is 402. The van der Waals surface area contributed by atoms with Gasteiger partial charge in [0.05, 0.1) is 0 Å². The van der Waals surface area contributed by atoms with Crippen molar-refractivity contribution >= 4 is 22.8 Å². The molecular formula is C14H22BrN3. The molecule has 2 rings (SSSR count). The largest absolute Gasteiger partial charge is 0.351 e. The van der Waals surface area contributed by atoms with Crippen LogP contribution in [0.25, 0.3) is 0 Å². The molecule has 0 saturated carbocycles. The molecule has 0 atom stereocenters. The molecule has 0 aromatic heterocycles. The Hall–Kier alpha value is -0.870. The fraction of sp³-hybridized carbons (Fsp3) is 0.500. The number of halogens is 1. The van der Waals surface area contributed by atoms with Crippen molar-refractivity contribution in [1.82, 2.24) is 9.80 Å². The average molecular weight is 312 g/mol. The van der Waals surface area contributed by atoms with Crippen LogP contribution in [0.5, 0.6) is 0 Å². The van der Waals surface area contributed by atoms with Gasteiger partial charge in [0.1, 0.15) is 5.84 Å². The van der Waals surface area contributed by atoms with Gasteiger partial charge >= 0.3 is 0 Å². The van der Waals surface area contributed by atoms with Gasteiger partial charge in [0, 0.05) is 25.2 Å². The molecule has 100 valence electrons. The molecule has 1 aromatic rings. The Balaban J connectivity index is 0.00000162. The molecule has 0 spiro atoms. The van der Waals surface area contributed by atoms with E-state index in [0.717, 1.165) is 38.3 Å². The number of benzene rings is 1. The SMILES string of the molecule is Br.CCN(CC)CCN1Cc2ccccc2C1=N. The van der Waals surface area contributed by atoms with Gasteiger partial charge < -0.3 is 9.80 Å². The number of likely N-dealkylation sites (N-methyl/N-ethyl adjacent to an activating group) is 1. The lowest BCUT2D eigenvalue weighted by Crippen LogP contribution is -2.35. The molecule has 1 aliphatic heterocycles. The molecule has 0 radical (unpaired) electrons. The lowest BCUT2D eigenvalue weighted by molar-refractivity contribution is 0.268. The number of nitrogens with one attached hydrogen (secondary N) is 1. The molecule has 4 heteroatoms. The maximum atomic E-state index is 8.15. The minimum absolute atomic E-state index is 0. The van der Waals surface area contributed by atoms with E-state index in [-0.39, 0.29) is 17.0 Å². The van der Waals surface area contributed by atoms with Gasteiger partial charge in [-0.15, -0.1) is 17.0 Å². The summed E-state index contributed by atoms with van der Waals surface area (Å²) < 4.78 is 0.